The van der Waals surface area contributed by atoms with Crippen LogP contribution in [-0.4, -0.2) is 11.1 Å². The highest BCUT2D eigenvalue weighted by Gasteiger charge is 1.99. The lowest BCUT2D eigenvalue weighted by atomic mass is 10.1. The number of benzene rings is 1. The van der Waals surface area contributed by atoms with Crippen molar-refractivity contribution in [1.82, 2.24) is 0 Å². The van der Waals surface area contributed by atoms with Gasteiger partial charge in [-0.25, -0.2) is 4.79 Å². The molecule has 0 saturated heterocycles. The molecule has 0 spiro atoms. The molecule has 94 valence electrons. The second-order valence-electron chi connectivity index (χ2n) is 4.16. The van der Waals surface area contributed by atoms with Crippen LogP contribution in [0.2, 0.25) is 0 Å². The first-order valence-electron chi connectivity index (χ1n) is 6.14. The summed E-state index contributed by atoms with van der Waals surface area (Å²) in [6.45, 7) is 3.73. The van der Waals surface area contributed by atoms with E-state index in [4.69, 9.17) is 5.11 Å². The third kappa shape index (κ3) is 4.88. The van der Waals surface area contributed by atoms with E-state index in [0.717, 1.165) is 30.4 Å². The van der Waals surface area contributed by atoms with Crippen LogP contribution in [0.15, 0.2) is 29.8 Å². The lowest BCUT2D eigenvalue weighted by molar-refractivity contribution is -0.132. The van der Waals surface area contributed by atoms with E-state index in [2.05, 4.69) is 18.8 Å². The monoisotopic (exact) mass is 242 g/mol. The standard InChI is InChI=1S/C16H18O2/c1-3-4-5-6-7-14-8-10-15(11-9-14)12-13(2)16(17)18/h8-12H,3-5H2,1-2H3,(H,17,18)/b13-12+. The molecule has 0 amide bonds. The minimum Gasteiger partial charge on any atom is -0.478 e. The largest absolute Gasteiger partial charge is 0.478 e. The summed E-state index contributed by atoms with van der Waals surface area (Å²) in [5.41, 5.74) is 2.18. The number of carbonyl (C=O) groups is 1. The summed E-state index contributed by atoms with van der Waals surface area (Å²) in [6, 6.07) is 7.60. The van der Waals surface area contributed by atoms with Crippen LogP contribution < -0.4 is 0 Å². The lowest BCUT2D eigenvalue weighted by Crippen LogP contribution is -1.95. The van der Waals surface area contributed by atoms with Gasteiger partial charge >= 0.3 is 5.97 Å². The smallest absolute Gasteiger partial charge is 0.331 e. The average Bonchev–Trinajstić information content (AvgIpc) is 2.36. The third-order valence-corrected chi connectivity index (χ3v) is 2.52. The first kappa shape index (κ1) is 14.1. The van der Waals surface area contributed by atoms with Crippen LogP contribution in [0.3, 0.4) is 0 Å². The highest BCUT2D eigenvalue weighted by Crippen LogP contribution is 2.08. The molecule has 0 aliphatic heterocycles. The molecule has 1 aromatic carbocycles. The van der Waals surface area contributed by atoms with Gasteiger partial charge in [-0.05, 0) is 37.1 Å². The number of aliphatic carboxylic acids is 1. The molecule has 0 aromatic heterocycles. The molecule has 1 aromatic rings. The fourth-order valence-electron chi connectivity index (χ4n) is 1.40. The number of carboxylic acid groups (broad SMARTS) is 1. The molecular formula is C16H18O2. The molecule has 0 aliphatic carbocycles. The Hall–Kier alpha value is -2.01. The second kappa shape index (κ2) is 7.34. The molecule has 0 aliphatic rings. The number of rotatable bonds is 4. The Balaban J connectivity index is 2.70. The minimum absolute atomic E-state index is 0.330. The molecule has 1 N–H and O–H groups in total. The lowest BCUT2D eigenvalue weighted by Gasteiger charge is -1.96. The average molecular weight is 242 g/mol. The summed E-state index contributed by atoms with van der Waals surface area (Å²) in [5, 5.41) is 8.77. The minimum atomic E-state index is -0.890. The van der Waals surface area contributed by atoms with E-state index in [9.17, 15) is 4.79 Å². The molecule has 0 heterocycles. The van der Waals surface area contributed by atoms with Gasteiger partial charge in [-0.2, -0.15) is 0 Å². The van der Waals surface area contributed by atoms with Crippen LogP contribution in [0, 0.1) is 11.8 Å². The van der Waals surface area contributed by atoms with Crippen molar-refractivity contribution < 1.29 is 9.90 Å². The SMILES string of the molecule is CCCCC#Cc1ccc(/C=C(\C)C(=O)O)cc1. The van der Waals surface area contributed by atoms with Crippen molar-refractivity contribution in [3.63, 3.8) is 0 Å². The van der Waals surface area contributed by atoms with Crippen molar-refractivity contribution in [2.45, 2.75) is 33.1 Å². The molecule has 18 heavy (non-hydrogen) atoms. The van der Waals surface area contributed by atoms with E-state index in [0.29, 0.717) is 5.57 Å². The maximum Gasteiger partial charge on any atom is 0.331 e. The summed E-state index contributed by atoms with van der Waals surface area (Å²) in [4.78, 5) is 10.7. The molecule has 0 saturated carbocycles. The Morgan fingerprint density at radius 3 is 2.56 bits per heavy atom. The first-order chi connectivity index (χ1) is 8.63. The van der Waals surface area contributed by atoms with Gasteiger partial charge in [0.25, 0.3) is 0 Å². The zero-order chi connectivity index (χ0) is 13.4. The van der Waals surface area contributed by atoms with Crippen LogP contribution >= 0.6 is 0 Å². The summed E-state index contributed by atoms with van der Waals surface area (Å²) in [7, 11) is 0. The molecule has 0 atom stereocenters. The highest BCUT2D eigenvalue weighted by atomic mass is 16.4. The van der Waals surface area contributed by atoms with Crippen LogP contribution in [0.4, 0.5) is 0 Å². The topological polar surface area (TPSA) is 37.3 Å². The molecule has 1 rings (SSSR count). The van der Waals surface area contributed by atoms with Gasteiger partial charge in [0.15, 0.2) is 0 Å². The van der Waals surface area contributed by atoms with Crippen LogP contribution in [-0.2, 0) is 4.79 Å². The molecule has 0 bridgehead atoms. The van der Waals surface area contributed by atoms with E-state index in [-0.39, 0.29) is 0 Å². The Morgan fingerprint density at radius 1 is 1.33 bits per heavy atom. The number of unbranched alkanes of at least 4 members (excludes halogenated alkanes) is 2. The van der Waals surface area contributed by atoms with Crippen molar-refractivity contribution >= 4 is 12.0 Å². The van der Waals surface area contributed by atoms with E-state index >= 15 is 0 Å². The molecule has 0 unspecified atom stereocenters. The fourth-order valence-corrected chi connectivity index (χ4v) is 1.40. The summed E-state index contributed by atoms with van der Waals surface area (Å²) in [5.74, 6) is 5.33. The maximum absolute atomic E-state index is 10.7. The zero-order valence-electron chi connectivity index (χ0n) is 10.9. The van der Waals surface area contributed by atoms with Gasteiger partial charge in [-0.1, -0.05) is 37.3 Å². The zero-order valence-corrected chi connectivity index (χ0v) is 10.9. The van der Waals surface area contributed by atoms with Gasteiger partial charge in [0, 0.05) is 17.6 Å². The first-order valence-corrected chi connectivity index (χ1v) is 6.14. The molecular weight excluding hydrogens is 224 g/mol. The predicted molar refractivity (Wildman–Crippen MR) is 74.1 cm³/mol. The van der Waals surface area contributed by atoms with E-state index < -0.39 is 5.97 Å². The molecule has 2 nitrogen and oxygen atoms in total. The van der Waals surface area contributed by atoms with E-state index in [1.165, 1.54) is 0 Å². The van der Waals surface area contributed by atoms with Crippen molar-refractivity contribution in [3.8, 4) is 11.8 Å². The normalized spacial score (nSPS) is 10.7. The molecule has 2 heteroatoms. The Labute approximate surface area is 108 Å². The van der Waals surface area contributed by atoms with Gasteiger partial charge in [0.1, 0.15) is 0 Å². The predicted octanol–water partition coefficient (Wildman–Crippen LogP) is 3.72. The van der Waals surface area contributed by atoms with Gasteiger partial charge < -0.3 is 5.11 Å². The van der Waals surface area contributed by atoms with Crippen LogP contribution in [0.1, 0.15) is 44.2 Å². The number of hydrogen-bond acceptors (Lipinski definition) is 1. The molecule has 0 fully saturated rings. The van der Waals surface area contributed by atoms with Crippen LogP contribution in [0.5, 0.6) is 0 Å². The van der Waals surface area contributed by atoms with E-state index in [1.54, 1.807) is 13.0 Å². The Bertz CT molecular complexity index is 484. The van der Waals surface area contributed by atoms with Crippen molar-refractivity contribution in [2.75, 3.05) is 0 Å². The summed E-state index contributed by atoms with van der Waals surface area (Å²) >= 11 is 0. The van der Waals surface area contributed by atoms with Gasteiger partial charge in [0.2, 0.25) is 0 Å². The third-order valence-electron chi connectivity index (χ3n) is 2.52. The number of carboxylic acids is 1. The highest BCUT2D eigenvalue weighted by molar-refractivity contribution is 5.91. The summed E-state index contributed by atoms with van der Waals surface area (Å²) in [6.07, 6.45) is 4.87. The second-order valence-corrected chi connectivity index (χ2v) is 4.16. The van der Waals surface area contributed by atoms with Gasteiger partial charge in [-0.3, -0.25) is 0 Å². The van der Waals surface area contributed by atoms with Gasteiger partial charge in [-0.15, -0.1) is 0 Å². The Kier molecular flexibility index (Phi) is 5.73. The van der Waals surface area contributed by atoms with Crippen LogP contribution in [0.25, 0.3) is 6.08 Å². The Morgan fingerprint density at radius 2 is 2.00 bits per heavy atom. The van der Waals surface area contributed by atoms with Crippen molar-refractivity contribution in [3.05, 3.63) is 41.0 Å². The van der Waals surface area contributed by atoms with Gasteiger partial charge in [0.05, 0.1) is 0 Å². The van der Waals surface area contributed by atoms with E-state index in [1.807, 2.05) is 24.3 Å². The maximum atomic E-state index is 10.7. The number of hydrogen-bond donors (Lipinski definition) is 1. The van der Waals surface area contributed by atoms with Crippen molar-refractivity contribution in [2.24, 2.45) is 0 Å². The fraction of sp³-hybridized carbons (Fsp3) is 0.312. The summed E-state index contributed by atoms with van der Waals surface area (Å²) < 4.78 is 0. The quantitative estimate of drug-likeness (QED) is 0.496. The molecule has 0 radical (unpaired) electrons. The van der Waals surface area contributed by atoms with Crippen molar-refractivity contribution in [1.29, 1.82) is 0 Å².